The number of carbonyl (C=O) groups excluding carboxylic acids is 1. The van der Waals surface area contributed by atoms with Gasteiger partial charge in [0.15, 0.2) is 6.61 Å². The summed E-state index contributed by atoms with van der Waals surface area (Å²) in [7, 11) is 0. The summed E-state index contributed by atoms with van der Waals surface area (Å²) in [5.41, 5.74) is 6.52. The molecule has 3 N–H and O–H groups in total. The Balaban J connectivity index is 1.80. The first-order chi connectivity index (χ1) is 10.2. The van der Waals surface area contributed by atoms with Crippen molar-refractivity contribution >= 4 is 22.4 Å². The second kappa shape index (κ2) is 7.70. The van der Waals surface area contributed by atoms with Crippen LogP contribution in [0.15, 0.2) is 24.3 Å². The number of aromatic nitrogens is 2. The topological polar surface area (TPSA) is 90.1 Å². The van der Waals surface area contributed by atoms with Crippen molar-refractivity contribution in [3.63, 3.8) is 0 Å². The van der Waals surface area contributed by atoms with Gasteiger partial charge in [-0.25, -0.2) is 0 Å². The van der Waals surface area contributed by atoms with Gasteiger partial charge < -0.3 is 10.5 Å². The van der Waals surface area contributed by atoms with Gasteiger partial charge in [0, 0.05) is 6.42 Å². The van der Waals surface area contributed by atoms with E-state index in [1.165, 1.54) is 11.3 Å². The van der Waals surface area contributed by atoms with E-state index >= 15 is 0 Å². The molecule has 0 saturated heterocycles. The lowest BCUT2D eigenvalue weighted by Gasteiger charge is -2.05. The predicted molar refractivity (Wildman–Crippen MR) is 82.6 cm³/mol. The van der Waals surface area contributed by atoms with Crippen LogP contribution in [-0.4, -0.2) is 29.3 Å². The van der Waals surface area contributed by atoms with E-state index in [2.05, 4.69) is 15.5 Å². The minimum absolute atomic E-state index is 0.0544. The first-order valence-corrected chi connectivity index (χ1v) is 7.51. The molecule has 2 aromatic rings. The van der Waals surface area contributed by atoms with Crippen LogP contribution in [0.4, 0.5) is 5.13 Å². The number of ether oxygens (including phenoxy) is 1. The van der Waals surface area contributed by atoms with Gasteiger partial charge in [-0.2, -0.15) is 0 Å². The fourth-order valence-corrected chi connectivity index (χ4v) is 2.47. The van der Waals surface area contributed by atoms with Crippen LogP contribution in [0, 0.1) is 6.92 Å². The molecule has 0 bridgehead atoms. The number of anilines is 1. The first kappa shape index (κ1) is 15.4. The summed E-state index contributed by atoms with van der Waals surface area (Å²) in [5, 5.41) is 11.9. The Labute approximate surface area is 127 Å². The number of carbonyl (C=O) groups is 1. The standard InChI is InChI=1S/C14H18N4O2S/c1-10-4-2-5-11(8-10)20-9-12(19)16-14-18-17-13(21-14)6-3-7-15/h2,4-5,8H,3,6-7,9,15H2,1H3,(H,16,18,19). The summed E-state index contributed by atoms with van der Waals surface area (Å²) in [4.78, 5) is 11.8. The molecule has 1 aromatic heterocycles. The zero-order valence-electron chi connectivity index (χ0n) is 11.8. The van der Waals surface area contributed by atoms with Crippen molar-refractivity contribution in [2.24, 2.45) is 5.73 Å². The second-order valence-electron chi connectivity index (χ2n) is 4.55. The Hall–Kier alpha value is -1.99. The highest BCUT2D eigenvalue weighted by atomic mass is 32.1. The fraction of sp³-hybridized carbons (Fsp3) is 0.357. The maximum atomic E-state index is 11.8. The molecule has 2 rings (SSSR count). The van der Waals surface area contributed by atoms with Gasteiger partial charge in [0.05, 0.1) is 0 Å². The monoisotopic (exact) mass is 306 g/mol. The average molecular weight is 306 g/mol. The van der Waals surface area contributed by atoms with Gasteiger partial charge in [0.25, 0.3) is 5.91 Å². The van der Waals surface area contributed by atoms with Crippen LogP contribution in [-0.2, 0) is 11.2 Å². The van der Waals surface area contributed by atoms with E-state index < -0.39 is 0 Å². The number of nitrogens with zero attached hydrogens (tertiary/aromatic N) is 2. The summed E-state index contributed by atoms with van der Waals surface area (Å²) in [6, 6.07) is 7.55. The molecule has 0 aliphatic carbocycles. The molecule has 0 atom stereocenters. The van der Waals surface area contributed by atoms with Gasteiger partial charge in [-0.1, -0.05) is 23.5 Å². The van der Waals surface area contributed by atoms with Gasteiger partial charge in [-0.15, -0.1) is 10.2 Å². The third-order valence-corrected chi connectivity index (χ3v) is 3.57. The normalized spacial score (nSPS) is 10.4. The van der Waals surface area contributed by atoms with Crippen molar-refractivity contribution < 1.29 is 9.53 Å². The van der Waals surface area contributed by atoms with Gasteiger partial charge in [-0.05, 0) is 37.6 Å². The number of nitrogens with two attached hydrogens (primary N) is 1. The van der Waals surface area contributed by atoms with Crippen molar-refractivity contribution in [3.05, 3.63) is 34.8 Å². The lowest BCUT2D eigenvalue weighted by molar-refractivity contribution is -0.118. The highest BCUT2D eigenvalue weighted by Crippen LogP contribution is 2.16. The zero-order valence-corrected chi connectivity index (χ0v) is 12.7. The molecule has 112 valence electrons. The van der Waals surface area contributed by atoms with Crippen LogP contribution in [0.2, 0.25) is 0 Å². The molecule has 6 nitrogen and oxygen atoms in total. The third-order valence-electron chi connectivity index (χ3n) is 2.67. The number of amides is 1. The fourth-order valence-electron chi connectivity index (χ4n) is 1.67. The molecule has 21 heavy (non-hydrogen) atoms. The lowest BCUT2D eigenvalue weighted by atomic mass is 10.2. The van der Waals surface area contributed by atoms with Gasteiger partial charge in [0.2, 0.25) is 5.13 Å². The maximum Gasteiger partial charge on any atom is 0.264 e. The highest BCUT2D eigenvalue weighted by Gasteiger charge is 2.08. The number of rotatable bonds is 7. The largest absolute Gasteiger partial charge is 0.484 e. The number of benzene rings is 1. The van der Waals surface area contributed by atoms with Crippen molar-refractivity contribution in [2.45, 2.75) is 19.8 Å². The van der Waals surface area contributed by atoms with Crippen molar-refractivity contribution in [1.29, 1.82) is 0 Å². The van der Waals surface area contributed by atoms with Crippen LogP contribution in [0.5, 0.6) is 5.75 Å². The Bertz CT molecular complexity index is 600. The predicted octanol–water partition coefficient (Wildman–Crippen LogP) is 1.76. The highest BCUT2D eigenvalue weighted by molar-refractivity contribution is 7.15. The Morgan fingerprint density at radius 1 is 1.43 bits per heavy atom. The van der Waals surface area contributed by atoms with Gasteiger partial charge >= 0.3 is 0 Å². The molecule has 0 radical (unpaired) electrons. The van der Waals surface area contributed by atoms with E-state index in [1.807, 2.05) is 31.2 Å². The molecule has 0 fully saturated rings. The van der Waals surface area contributed by atoms with Gasteiger partial charge in [0.1, 0.15) is 10.8 Å². The molecule has 7 heteroatoms. The summed E-state index contributed by atoms with van der Waals surface area (Å²) in [6.07, 6.45) is 1.64. The van der Waals surface area contributed by atoms with E-state index in [4.69, 9.17) is 10.5 Å². The van der Waals surface area contributed by atoms with Crippen LogP contribution >= 0.6 is 11.3 Å². The second-order valence-corrected chi connectivity index (χ2v) is 5.61. The van der Waals surface area contributed by atoms with Crippen molar-refractivity contribution in [1.82, 2.24) is 10.2 Å². The van der Waals surface area contributed by atoms with Crippen LogP contribution in [0.1, 0.15) is 17.0 Å². The van der Waals surface area contributed by atoms with Crippen molar-refractivity contribution in [2.75, 3.05) is 18.5 Å². The van der Waals surface area contributed by atoms with Crippen molar-refractivity contribution in [3.8, 4) is 5.75 Å². The van der Waals surface area contributed by atoms with E-state index in [0.29, 0.717) is 17.4 Å². The van der Waals surface area contributed by atoms with E-state index in [0.717, 1.165) is 23.4 Å². The molecule has 1 heterocycles. The van der Waals surface area contributed by atoms with Crippen LogP contribution < -0.4 is 15.8 Å². The molecule has 0 aliphatic rings. The smallest absolute Gasteiger partial charge is 0.264 e. The molecule has 0 spiro atoms. The minimum atomic E-state index is -0.252. The Morgan fingerprint density at radius 2 is 2.29 bits per heavy atom. The Kier molecular flexibility index (Phi) is 5.65. The minimum Gasteiger partial charge on any atom is -0.484 e. The molecular formula is C14H18N4O2S. The Morgan fingerprint density at radius 3 is 3.05 bits per heavy atom. The van der Waals surface area contributed by atoms with Crippen LogP contribution in [0.3, 0.4) is 0 Å². The molecule has 0 unspecified atom stereocenters. The first-order valence-electron chi connectivity index (χ1n) is 6.69. The lowest BCUT2D eigenvalue weighted by Crippen LogP contribution is -2.20. The van der Waals surface area contributed by atoms with Gasteiger partial charge in [-0.3, -0.25) is 10.1 Å². The SMILES string of the molecule is Cc1cccc(OCC(=O)Nc2nnc(CCCN)s2)c1. The molecule has 1 amide bonds. The number of nitrogens with one attached hydrogen (secondary N) is 1. The summed E-state index contributed by atoms with van der Waals surface area (Å²) in [6.45, 7) is 2.53. The summed E-state index contributed by atoms with van der Waals surface area (Å²) < 4.78 is 5.42. The molecular weight excluding hydrogens is 288 g/mol. The number of hydrogen-bond acceptors (Lipinski definition) is 6. The quantitative estimate of drug-likeness (QED) is 0.813. The number of aryl methyl sites for hydroxylation is 2. The zero-order chi connectivity index (χ0) is 15.1. The van der Waals surface area contributed by atoms with Crippen LogP contribution in [0.25, 0.3) is 0 Å². The number of hydrogen-bond donors (Lipinski definition) is 2. The van der Waals surface area contributed by atoms with E-state index in [9.17, 15) is 4.79 Å². The molecule has 0 aliphatic heterocycles. The third kappa shape index (κ3) is 5.13. The van der Waals surface area contributed by atoms with E-state index in [-0.39, 0.29) is 12.5 Å². The molecule has 1 aromatic carbocycles. The summed E-state index contributed by atoms with van der Waals surface area (Å²) >= 11 is 1.36. The molecule has 0 saturated carbocycles. The summed E-state index contributed by atoms with van der Waals surface area (Å²) in [5.74, 6) is 0.420. The van der Waals surface area contributed by atoms with E-state index in [1.54, 1.807) is 0 Å². The maximum absolute atomic E-state index is 11.8. The average Bonchev–Trinajstić information content (AvgIpc) is 2.90.